The topological polar surface area (TPSA) is 73.8 Å². The molecular formula is C16H35BO8P2. The minimum Gasteiger partial charge on any atom is -0.401 e. The molecule has 0 bridgehead atoms. The van der Waals surface area contributed by atoms with E-state index in [1.807, 2.05) is 55.4 Å². The van der Waals surface area contributed by atoms with Gasteiger partial charge >= 0.3 is 24.3 Å². The molecule has 0 aliphatic carbocycles. The Hall–Kier alpha value is 0.605. The summed E-state index contributed by atoms with van der Waals surface area (Å²) >= 11 is 0. The Bertz CT molecular complexity index is 388. The third-order valence-corrected chi connectivity index (χ3v) is 6.76. The normalized spacial score (nSPS) is 20.0. The fourth-order valence-corrected chi connectivity index (χ4v) is 3.99. The highest BCUT2D eigenvalue weighted by Crippen LogP contribution is 2.46. The number of hydrogen-bond acceptors (Lipinski definition) is 8. The average molecular weight is 428 g/mol. The maximum Gasteiger partial charge on any atom is 0.491 e. The van der Waals surface area contributed by atoms with Gasteiger partial charge in [0.05, 0.1) is 44.2 Å². The van der Waals surface area contributed by atoms with Crippen molar-refractivity contribution in [3.05, 3.63) is 0 Å². The summed E-state index contributed by atoms with van der Waals surface area (Å²) in [5.41, 5.74) is -0.965. The number of hydrogen-bond donors (Lipinski definition) is 0. The van der Waals surface area contributed by atoms with Gasteiger partial charge < -0.3 is 36.5 Å². The van der Waals surface area contributed by atoms with E-state index in [1.165, 1.54) is 0 Å². The van der Waals surface area contributed by atoms with E-state index >= 15 is 0 Å². The van der Waals surface area contributed by atoms with Gasteiger partial charge in [0, 0.05) is 0 Å². The predicted octanol–water partition coefficient (Wildman–Crippen LogP) is 4.62. The Morgan fingerprint density at radius 1 is 0.704 bits per heavy atom. The second-order valence-electron chi connectivity index (χ2n) is 6.68. The van der Waals surface area contributed by atoms with Gasteiger partial charge in [-0.15, -0.1) is 0 Å². The summed E-state index contributed by atoms with van der Waals surface area (Å²) in [5.74, 6) is 0. The van der Waals surface area contributed by atoms with E-state index in [-0.39, 0.29) is 6.61 Å². The van der Waals surface area contributed by atoms with E-state index in [0.29, 0.717) is 26.4 Å². The van der Waals surface area contributed by atoms with Gasteiger partial charge in [-0.05, 0) is 55.4 Å². The summed E-state index contributed by atoms with van der Waals surface area (Å²) in [6.07, 6.45) is 0. The van der Waals surface area contributed by atoms with Crippen LogP contribution in [0.4, 0.5) is 0 Å². The van der Waals surface area contributed by atoms with Crippen molar-refractivity contribution in [1.82, 2.24) is 0 Å². The van der Waals surface area contributed by atoms with E-state index in [2.05, 4.69) is 0 Å². The standard InChI is InChI=1S/C16H35BO8P2/c1-9-18-26(19-10-2)22-13-14(23-27(20-11-3)21-12-4)17-24-15(5,6)16(7,8)25-17/h14H,9-13H2,1-8H3. The molecule has 0 spiro atoms. The van der Waals surface area contributed by atoms with Gasteiger partial charge in [0.25, 0.3) is 0 Å². The summed E-state index contributed by atoms with van der Waals surface area (Å²) in [5, 5.41) is 0. The third kappa shape index (κ3) is 8.10. The second-order valence-corrected chi connectivity index (χ2v) is 9.08. The highest BCUT2D eigenvalue weighted by atomic mass is 31.2. The molecule has 1 fully saturated rings. The Morgan fingerprint density at radius 2 is 1.11 bits per heavy atom. The molecule has 160 valence electrons. The second kappa shape index (κ2) is 12.3. The molecule has 11 heteroatoms. The monoisotopic (exact) mass is 428 g/mol. The molecular weight excluding hydrogens is 393 g/mol. The van der Waals surface area contributed by atoms with Crippen molar-refractivity contribution in [3.8, 4) is 0 Å². The molecule has 1 aliphatic heterocycles. The van der Waals surface area contributed by atoms with Gasteiger partial charge in [0.2, 0.25) is 0 Å². The zero-order valence-electron chi connectivity index (χ0n) is 17.9. The Labute approximate surface area is 167 Å². The van der Waals surface area contributed by atoms with E-state index in [4.69, 9.17) is 36.5 Å². The minimum atomic E-state index is -1.54. The van der Waals surface area contributed by atoms with Crippen LogP contribution in [0.3, 0.4) is 0 Å². The third-order valence-electron chi connectivity index (χ3n) is 4.08. The lowest BCUT2D eigenvalue weighted by Gasteiger charge is -2.32. The van der Waals surface area contributed by atoms with Gasteiger partial charge in [-0.25, -0.2) is 0 Å². The molecule has 1 rings (SSSR count). The fourth-order valence-electron chi connectivity index (χ4n) is 2.08. The van der Waals surface area contributed by atoms with Crippen molar-refractivity contribution < 1.29 is 36.5 Å². The predicted molar refractivity (Wildman–Crippen MR) is 107 cm³/mol. The molecule has 0 amide bonds. The van der Waals surface area contributed by atoms with Gasteiger partial charge in [-0.3, -0.25) is 0 Å². The minimum absolute atomic E-state index is 0.168. The zero-order chi connectivity index (χ0) is 20.5. The van der Waals surface area contributed by atoms with E-state index in [1.54, 1.807) is 0 Å². The Balaban J connectivity index is 2.85. The SMILES string of the molecule is CCOP(OCC)OCC(OP(OCC)OCC)B1OC(C)(C)C(C)(C)O1. The van der Waals surface area contributed by atoms with Crippen LogP contribution in [-0.2, 0) is 36.5 Å². The molecule has 0 N–H and O–H groups in total. The van der Waals surface area contributed by atoms with E-state index < -0.39 is 41.5 Å². The number of rotatable bonds is 14. The lowest BCUT2D eigenvalue weighted by Crippen LogP contribution is -2.41. The van der Waals surface area contributed by atoms with Crippen LogP contribution in [-0.4, -0.2) is 57.4 Å². The quantitative estimate of drug-likeness (QED) is 0.293. The average Bonchev–Trinajstić information content (AvgIpc) is 2.79. The summed E-state index contributed by atoms with van der Waals surface area (Å²) in [6.45, 7) is 17.7. The highest BCUT2D eigenvalue weighted by Gasteiger charge is 2.55. The molecule has 8 nitrogen and oxygen atoms in total. The van der Waals surface area contributed by atoms with Crippen molar-refractivity contribution in [2.75, 3.05) is 33.0 Å². The van der Waals surface area contributed by atoms with Crippen LogP contribution in [0.25, 0.3) is 0 Å². The van der Waals surface area contributed by atoms with Crippen molar-refractivity contribution in [2.45, 2.75) is 72.6 Å². The van der Waals surface area contributed by atoms with Gasteiger partial charge in [-0.2, -0.15) is 0 Å². The van der Waals surface area contributed by atoms with Gasteiger partial charge in [0.15, 0.2) is 0 Å². The summed E-state index contributed by atoms with van der Waals surface area (Å²) in [4.78, 5) is 0. The molecule has 27 heavy (non-hydrogen) atoms. The first-order valence-corrected chi connectivity index (χ1v) is 11.7. The fraction of sp³-hybridized carbons (Fsp3) is 1.00. The lowest BCUT2D eigenvalue weighted by atomic mass is 9.82. The van der Waals surface area contributed by atoms with Crippen molar-refractivity contribution >= 4 is 24.3 Å². The smallest absolute Gasteiger partial charge is 0.401 e. The molecule has 1 unspecified atom stereocenters. The molecule has 0 aromatic rings. The first-order valence-electron chi connectivity index (χ1n) is 9.47. The van der Waals surface area contributed by atoms with Crippen LogP contribution in [0.15, 0.2) is 0 Å². The van der Waals surface area contributed by atoms with Crippen LogP contribution in [0, 0.1) is 0 Å². The lowest BCUT2D eigenvalue weighted by molar-refractivity contribution is 0.00578. The van der Waals surface area contributed by atoms with Gasteiger partial charge in [0.1, 0.15) is 6.00 Å². The van der Waals surface area contributed by atoms with Crippen LogP contribution in [0.5, 0.6) is 0 Å². The molecule has 0 aromatic carbocycles. The van der Waals surface area contributed by atoms with Crippen LogP contribution < -0.4 is 0 Å². The van der Waals surface area contributed by atoms with Crippen LogP contribution >= 0.6 is 17.2 Å². The Kier molecular flexibility index (Phi) is 11.7. The van der Waals surface area contributed by atoms with Crippen LogP contribution in [0.1, 0.15) is 55.4 Å². The van der Waals surface area contributed by atoms with Crippen molar-refractivity contribution in [3.63, 3.8) is 0 Å². The molecule has 0 radical (unpaired) electrons. The maximum absolute atomic E-state index is 6.13. The molecule has 0 aromatic heterocycles. The Morgan fingerprint density at radius 3 is 1.52 bits per heavy atom. The molecule has 0 saturated carbocycles. The molecule has 1 heterocycles. The summed E-state index contributed by atoms with van der Waals surface area (Å²) in [6, 6.07) is -0.554. The first-order chi connectivity index (χ1) is 12.7. The maximum atomic E-state index is 6.13. The zero-order valence-corrected chi connectivity index (χ0v) is 19.6. The summed E-state index contributed by atoms with van der Waals surface area (Å²) < 4.78 is 46.3. The largest absolute Gasteiger partial charge is 0.491 e. The summed E-state index contributed by atoms with van der Waals surface area (Å²) in [7, 11) is -3.62. The first kappa shape index (κ1) is 25.6. The van der Waals surface area contributed by atoms with Crippen molar-refractivity contribution in [2.24, 2.45) is 0 Å². The van der Waals surface area contributed by atoms with Crippen LogP contribution in [0.2, 0.25) is 0 Å². The molecule has 1 saturated heterocycles. The molecule has 1 atom stereocenters. The molecule has 1 aliphatic rings. The van der Waals surface area contributed by atoms with E-state index in [9.17, 15) is 0 Å². The van der Waals surface area contributed by atoms with Gasteiger partial charge in [-0.1, -0.05) is 0 Å². The van der Waals surface area contributed by atoms with E-state index in [0.717, 1.165) is 0 Å². The van der Waals surface area contributed by atoms with Crippen molar-refractivity contribution in [1.29, 1.82) is 0 Å². The highest BCUT2D eigenvalue weighted by molar-refractivity contribution is 7.42.